The standard InChI is InChI=1S/C5H10O2.C3H4O2/c1-4(2)7-5(3)6;1-2-3(4)5/h4H,1-3H3;2H,1H2,(H,4,5). The summed E-state index contributed by atoms with van der Waals surface area (Å²) in [5.74, 6) is -1.19. The fraction of sp³-hybridized carbons (Fsp3) is 0.500. The first-order valence-corrected chi connectivity index (χ1v) is 3.42. The molecule has 0 amide bonds. The fourth-order valence-corrected chi connectivity index (χ4v) is 0.332. The van der Waals surface area contributed by atoms with Gasteiger partial charge in [0.1, 0.15) is 0 Å². The van der Waals surface area contributed by atoms with Crippen LogP contribution < -0.4 is 0 Å². The van der Waals surface area contributed by atoms with E-state index in [0.29, 0.717) is 0 Å². The van der Waals surface area contributed by atoms with Crippen LogP contribution in [-0.4, -0.2) is 23.1 Å². The van der Waals surface area contributed by atoms with Crippen molar-refractivity contribution in [2.75, 3.05) is 0 Å². The minimum absolute atomic E-state index is 0.0255. The first-order chi connectivity index (χ1) is 5.40. The van der Waals surface area contributed by atoms with Gasteiger partial charge in [-0.05, 0) is 13.8 Å². The summed E-state index contributed by atoms with van der Waals surface area (Å²) in [5, 5.41) is 7.60. The number of hydrogen-bond acceptors (Lipinski definition) is 3. The summed E-state index contributed by atoms with van der Waals surface area (Å²) in [6, 6.07) is 0. The highest BCUT2D eigenvalue weighted by molar-refractivity contribution is 5.78. The predicted octanol–water partition coefficient (Wildman–Crippen LogP) is 1.21. The molecule has 0 aromatic rings. The molecule has 0 rings (SSSR count). The van der Waals surface area contributed by atoms with Gasteiger partial charge >= 0.3 is 11.9 Å². The van der Waals surface area contributed by atoms with E-state index in [1.165, 1.54) is 6.92 Å². The molecule has 0 aliphatic rings. The highest BCUT2D eigenvalue weighted by Gasteiger charge is 1.93. The minimum atomic E-state index is -0.981. The second-order valence-electron chi connectivity index (χ2n) is 2.20. The van der Waals surface area contributed by atoms with Gasteiger partial charge in [0, 0.05) is 13.0 Å². The summed E-state index contributed by atoms with van der Waals surface area (Å²) in [6.45, 7) is 8.01. The molecule has 0 aromatic carbocycles. The number of esters is 1. The first-order valence-electron chi connectivity index (χ1n) is 3.42. The summed E-state index contributed by atoms with van der Waals surface area (Å²) >= 11 is 0. The van der Waals surface area contributed by atoms with E-state index < -0.39 is 5.97 Å². The summed E-state index contributed by atoms with van der Waals surface area (Å²) < 4.78 is 4.61. The fourth-order valence-electron chi connectivity index (χ4n) is 0.332. The molecule has 0 bridgehead atoms. The highest BCUT2D eigenvalue weighted by Crippen LogP contribution is 1.85. The van der Waals surface area contributed by atoms with Crippen LogP contribution in [0, 0.1) is 0 Å². The summed E-state index contributed by atoms with van der Waals surface area (Å²) in [4.78, 5) is 19.3. The molecule has 0 aliphatic heterocycles. The Morgan fingerprint density at radius 2 is 1.83 bits per heavy atom. The van der Waals surface area contributed by atoms with Crippen molar-refractivity contribution in [3.05, 3.63) is 12.7 Å². The SMILES string of the molecule is C=CC(=O)O.CC(=O)OC(C)C. The number of rotatable bonds is 2. The molecule has 70 valence electrons. The molecule has 0 aromatic heterocycles. The molecule has 0 radical (unpaired) electrons. The van der Waals surface area contributed by atoms with Crippen molar-refractivity contribution in [3.8, 4) is 0 Å². The zero-order valence-corrected chi connectivity index (χ0v) is 7.53. The third-order valence-corrected chi connectivity index (χ3v) is 0.576. The van der Waals surface area contributed by atoms with Crippen molar-refractivity contribution in [1.82, 2.24) is 0 Å². The molecule has 0 atom stereocenters. The average Bonchev–Trinajstić information content (AvgIpc) is 1.85. The Morgan fingerprint density at radius 3 is 1.83 bits per heavy atom. The van der Waals surface area contributed by atoms with Crippen molar-refractivity contribution in [3.63, 3.8) is 0 Å². The van der Waals surface area contributed by atoms with E-state index in [1.807, 2.05) is 13.8 Å². The van der Waals surface area contributed by atoms with Gasteiger partial charge in [-0.15, -0.1) is 0 Å². The molecule has 0 unspecified atom stereocenters. The molecule has 0 heterocycles. The van der Waals surface area contributed by atoms with E-state index in [-0.39, 0.29) is 12.1 Å². The van der Waals surface area contributed by atoms with Crippen LogP contribution in [0.1, 0.15) is 20.8 Å². The van der Waals surface area contributed by atoms with Gasteiger partial charge in [-0.2, -0.15) is 0 Å². The Labute approximate surface area is 71.8 Å². The Balaban J connectivity index is 0. The number of carboxylic acids is 1. The molecular weight excluding hydrogens is 160 g/mol. The molecule has 4 heteroatoms. The highest BCUT2D eigenvalue weighted by atomic mass is 16.5. The van der Waals surface area contributed by atoms with E-state index in [9.17, 15) is 9.59 Å². The Kier molecular flexibility index (Phi) is 8.62. The quantitative estimate of drug-likeness (QED) is 0.505. The maximum absolute atomic E-state index is 10.0. The average molecular weight is 174 g/mol. The number of carbonyl (C=O) groups excluding carboxylic acids is 1. The zero-order valence-electron chi connectivity index (χ0n) is 7.53. The molecule has 0 saturated carbocycles. The van der Waals surface area contributed by atoms with Gasteiger partial charge < -0.3 is 9.84 Å². The summed E-state index contributed by atoms with van der Waals surface area (Å²) in [5.41, 5.74) is 0. The molecule has 0 aliphatic carbocycles. The normalized spacial score (nSPS) is 8.00. The summed E-state index contributed by atoms with van der Waals surface area (Å²) in [6.07, 6.45) is 0.859. The van der Waals surface area contributed by atoms with Crippen LogP contribution in [0.2, 0.25) is 0 Å². The lowest BCUT2D eigenvalue weighted by Crippen LogP contribution is -2.06. The Morgan fingerprint density at radius 1 is 1.50 bits per heavy atom. The predicted molar refractivity (Wildman–Crippen MR) is 44.7 cm³/mol. The van der Waals surface area contributed by atoms with Gasteiger partial charge in [-0.25, -0.2) is 4.79 Å². The van der Waals surface area contributed by atoms with Crippen LogP contribution >= 0.6 is 0 Å². The van der Waals surface area contributed by atoms with Crippen LogP contribution in [0.5, 0.6) is 0 Å². The largest absolute Gasteiger partial charge is 0.478 e. The number of carbonyl (C=O) groups is 2. The van der Waals surface area contributed by atoms with Crippen LogP contribution in [-0.2, 0) is 14.3 Å². The van der Waals surface area contributed by atoms with Gasteiger partial charge in [0.25, 0.3) is 0 Å². The lowest BCUT2D eigenvalue weighted by Gasteiger charge is -2.01. The van der Waals surface area contributed by atoms with Crippen LogP contribution in [0.25, 0.3) is 0 Å². The van der Waals surface area contributed by atoms with Gasteiger partial charge in [0.2, 0.25) is 0 Å². The Hall–Kier alpha value is -1.32. The topological polar surface area (TPSA) is 63.6 Å². The van der Waals surface area contributed by atoms with Crippen molar-refractivity contribution in [2.45, 2.75) is 26.9 Å². The second-order valence-corrected chi connectivity index (χ2v) is 2.20. The maximum Gasteiger partial charge on any atom is 0.327 e. The van der Waals surface area contributed by atoms with Gasteiger partial charge in [-0.1, -0.05) is 6.58 Å². The molecule has 0 spiro atoms. The van der Waals surface area contributed by atoms with Gasteiger partial charge in [0.15, 0.2) is 0 Å². The number of carboxylic acid groups (broad SMARTS) is 1. The monoisotopic (exact) mass is 174 g/mol. The second kappa shape index (κ2) is 7.78. The Bertz CT molecular complexity index is 160. The molecular formula is C8H14O4. The zero-order chi connectivity index (χ0) is 10.1. The van der Waals surface area contributed by atoms with Gasteiger partial charge in [-0.3, -0.25) is 4.79 Å². The molecule has 0 saturated heterocycles. The maximum atomic E-state index is 10.0. The van der Waals surface area contributed by atoms with E-state index in [1.54, 1.807) is 0 Å². The van der Waals surface area contributed by atoms with Crippen molar-refractivity contribution >= 4 is 11.9 Å². The number of ether oxygens (including phenoxy) is 1. The van der Waals surface area contributed by atoms with E-state index in [0.717, 1.165) is 6.08 Å². The third-order valence-electron chi connectivity index (χ3n) is 0.576. The first kappa shape index (κ1) is 13.3. The third kappa shape index (κ3) is 23.4. The van der Waals surface area contributed by atoms with Crippen LogP contribution in [0.15, 0.2) is 12.7 Å². The number of aliphatic carboxylic acids is 1. The lowest BCUT2D eigenvalue weighted by atomic mass is 10.5. The van der Waals surface area contributed by atoms with Gasteiger partial charge in [0.05, 0.1) is 6.10 Å². The van der Waals surface area contributed by atoms with E-state index >= 15 is 0 Å². The van der Waals surface area contributed by atoms with Crippen molar-refractivity contribution in [2.24, 2.45) is 0 Å². The smallest absolute Gasteiger partial charge is 0.327 e. The number of hydrogen-bond donors (Lipinski definition) is 1. The molecule has 12 heavy (non-hydrogen) atoms. The van der Waals surface area contributed by atoms with Crippen LogP contribution in [0.4, 0.5) is 0 Å². The van der Waals surface area contributed by atoms with E-state index in [4.69, 9.17) is 5.11 Å². The molecule has 4 nitrogen and oxygen atoms in total. The minimum Gasteiger partial charge on any atom is -0.478 e. The molecule has 1 N–H and O–H groups in total. The van der Waals surface area contributed by atoms with Crippen LogP contribution in [0.3, 0.4) is 0 Å². The van der Waals surface area contributed by atoms with Crippen molar-refractivity contribution < 1.29 is 19.4 Å². The van der Waals surface area contributed by atoms with Crippen molar-refractivity contribution in [1.29, 1.82) is 0 Å². The summed E-state index contributed by atoms with van der Waals surface area (Å²) in [7, 11) is 0. The lowest BCUT2D eigenvalue weighted by molar-refractivity contribution is -0.144. The van der Waals surface area contributed by atoms with E-state index in [2.05, 4.69) is 11.3 Å². The molecule has 0 fully saturated rings.